The zero-order chi connectivity index (χ0) is 24.3. The number of halogens is 3. The number of nitrogens with one attached hydrogen (secondary N) is 1. The van der Waals surface area contributed by atoms with Gasteiger partial charge in [0.05, 0.1) is 23.2 Å². The molecule has 172 valence electrons. The number of benzene rings is 1. The van der Waals surface area contributed by atoms with Gasteiger partial charge in [-0.2, -0.15) is 13.2 Å². The van der Waals surface area contributed by atoms with Crippen molar-refractivity contribution in [2.45, 2.75) is 6.18 Å². The van der Waals surface area contributed by atoms with Crippen molar-refractivity contribution in [2.75, 3.05) is 16.8 Å². The Balaban J connectivity index is 1.53. The van der Waals surface area contributed by atoms with Crippen molar-refractivity contribution in [3.63, 3.8) is 0 Å². The van der Waals surface area contributed by atoms with Crippen LogP contribution >= 0.6 is 0 Å². The van der Waals surface area contributed by atoms with Gasteiger partial charge in [-0.25, -0.2) is 14.8 Å². The normalized spacial score (nSPS) is 13.7. The summed E-state index contributed by atoms with van der Waals surface area (Å²) in [6, 6.07) is 11.2. The van der Waals surface area contributed by atoms with Gasteiger partial charge in [0.2, 0.25) is 0 Å². The summed E-state index contributed by atoms with van der Waals surface area (Å²) in [5.74, 6) is -1.13. The van der Waals surface area contributed by atoms with Crippen molar-refractivity contribution in [1.29, 1.82) is 0 Å². The smallest absolute Gasteiger partial charge is 0.307 e. The van der Waals surface area contributed by atoms with Crippen molar-refractivity contribution in [3.05, 3.63) is 96.0 Å². The van der Waals surface area contributed by atoms with E-state index in [0.29, 0.717) is 10.7 Å². The van der Waals surface area contributed by atoms with E-state index in [9.17, 15) is 27.6 Å². The van der Waals surface area contributed by atoms with Crippen LogP contribution in [-0.4, -0.2) is 39.3 Å². The van der Waals surface area contributed by atoms with Crippen LogP contribution in [0.15, 0.2) is 79.3 Å². The van der Waals surface area contributed by atoms with E-state index in [2.05, 4.69) is 15.3 Å². The van der Waals surface area contributed by atoms with Crippen LogP contribution in [-0.2, 0) is 6.18 Å². The van der Waals surface area contributed by atoms with Crippen LogP contribution in [0.1, 0.15) is 26.3 Å². The minimum atomic E-state index is -4.76. The molecule has 34 heavy (non-hydrogen) atoms. The molecule has 0 bridgehead atoms. The van der Waals surface area contributed by atoms with Gasteiger partial charge in [0, 0.05) is 18.6 Å². The molecule has 3 aromatic rings. The van der Waals surface area contributed by atoms with Crippen LogP contribution in [0.3, 0.4) is 0 Å². The minimum Gasteiger partial charge on any atom is -0.307 e. The number of aromatic nitrogens is 2. The van der Waals surface area contributed by atoms with E-state index >= 15 is 0 Å². The molecular weight excluding hydrogens is 451 g/mol. The molecule has 8 nitrogen and oxygen atoms in total. The lowest BCUT2D eigenvalue weighted by atomic mass is 10.1. The summed E-state index contributed by atoms with van der Waals surface area (Å²) in [6.45, 7) is -0.203. The maximum absolute atomic E-state index is 13.3. The number of urea groups is 1. The van der Waals surface area contributed by atoms with E-state index in [-0.39, 0.29) is 17.9 Å². The van der Waals surface area contributed by atoms with Gasteiger partial charge in [-0.1, -0.05) is 18.2 Å². The number of rotatable bonds is 4. The van der Waals surface area contributed by atoms with Gasteiger partial charge in [0.15, 0.2) is 0 Å². The molecule has 1 aliphatic rings. The molecule has 3 heterocycles. The van der Waals surface area contributed by atoms with Crippen LogP contribution in [0.5, 0.6) is 0 Å². The first-order chi connectivity index (χ1) is 16.3. The Morgan fingerprint density at radius 1 is 0.971 bits per heavy atom. The molecule has 11 heteroatoms. The first kappa shape index (κ1) is 22.6. The molecule has 4 rings (SSSR count). The highest BCUT2D eigenvalue weighted by molar-refractivity contribution is 6.10. The molecule has 2 aromatic heterocycles. The second-order valence-corrected chi connectivity index (χ2v) is 7.07. The number of imide groups is 1. The van der Waals surface area contributed by atoms with Crippen LogP contribution in [0.4, 0.5) is 29.6 Å². The molecule has 0 fully saturated rings. The molecule has 0 saturated heterocycles. The third-order valence-electron chi connectivity index (χ3n) is 4.85. The number of hydrogen-bond donors (Lipinski definition) is 1. The fourth-order valence-corrected chi connectivity index (χ4v) is 3.22. The van der Waals surface area contributed by atoms with E-state index in [4.69, 9.17) is 0 Å². The quantitative estimate of drug-likeness (QED) is 0.616. The molecule has 0 saturated carbocycles. The topological polar surface area (TPSA) is 95.5 Å². The number of hydrogen-bond acceptors (Lipinski definition) is 5. The third-order valence-corrected chi connectivity index (χ3v) is 4.85. The van der Waals surface area contributed by atoms with Crippen LogP contribution in [0.2, 0.25) is 0 Å². The van der Waals surface area contributed by atoms with Gasteiger partial charge in [-0.05, 0) is 42.5 Å². The zero-order valence-electron chi connectivity index (χ0n) is 17.4. The Bertz CT molecular complexity index is 1260. The summed E-state index contributed by atoms with van der Waals surface area (Å²) < 4.78 is 40.0. The maximum Gasteiger partial charge on any atom is 0.417 e. The Morgan fingerprint density at radius 2 is 1.74 bits per heavy atom. The minimum absolute atomic E-state index is 0.0808. The number of amides is 4. The molecule has 0 radical (unpaired) electrons. The van der Waals surface area contributed by atoms with E-state index in [1.807, 2.05) is 0 Å². The standard InChI is InChI=1S/C23H16F3N5O3/c24-23(25,26)17-7-2-1-6-16(17)21(33)31-13-5-12-30(22(31)34)19-10-9-15(14-28-19)20(32)29-18-8-3-4-11-27-18/h1-12,14H,13H2,(H,27,29,32). The van der Waals surface area contributed by atoms with Gasteiger partial charge in [-0.15, -0.1) is 0 Å². The third kappa shape index (κ3) is 4.63. The van der Waals surface area contributed by atoms with Crippen molar-refractivity contribution in [3.8, 4) is 0 Å². The van der Waals surface area contributed by atoms with Gasteiger partial charge < -0.3 is 5.32 Å². The summed E-state index contributed by atoms with van der Waals surface area (Å²) in [7, 11) is 0. The van der Waals surface area contributed by atoms with Gasteiger partial charge in [0.1, 0.15) is 11.6 Å². The number of anilines is 2. The largest absolute Gasteiger partial charge is 0.417 e. The average Bonchev–Trinajstić information content (AvgIpc) is 2.84. The number of pyridine rings is 2. The van der Waals surface area contributed by atoms with Crippen LogP contribution < -0.4 is 10.2 Å². The van der Waals surface area contributed by atoms with Crippen molar-refractivity contribution < 1.29 is 27.6 Å². The fourth-order valence-electron chi connectivity index (χ4n) is 3.22. The molecule has 0 unspecified atom stereocenters. The SMILES string of the molecule is O=C(Nc1ccccn1)c1ccc(N2C=CCN(C(=O)c3ccccc3C(F)(F)F)C2=O)nc1. The highest BCUT2D eigenvalue weighted by atomic mass is 19.4. The molecule has 1 aliphatic heterocycles. The maximum atomic E-state index is 13.3. The summed E-state index contributed by atoms with van der Waals surface area (Å²) in [5, 5.41) is 2.59. The second kappa shape index (κ2) is 9.14. The highest BCUT2D eigenvalue weighted by Crippen LogP contribution is 2.33. The Hall–Kier alpha value is -4.54. The lowest BCUT2D eigenvalue weighted by Gasteiger charge is -2.30. The molecule has 0 atom stereocenters. The molecular formula is C23H16F3N5O3. The van der Waals surface area contributed by atoms with Gasteiger partial charge >= 0.3 is 12.2 Å². The second-order valence-electron chi connectivity index (χ2n) is 7.07. The average molecular weight is 467 g/mol. The summed E-state index contributed by atoms with van der Waals surface area (Å²) in [5.41, 5.74) is -1.57. The van der Waals surface area contributed by atoms with Crippen LogP contribution in [0, 0.1) is 0 Å². The lowest BCUT2D eigenvalue weighted by Crippen LogP contribution is -2.47. The number of carbonyl (C=O) groups excluding carboxylic acids is 3. The zero-order valence-corrected chi connectivity index (χ0v) is 17.4. The van der Waals surface area contributed by atoms with E-state index in [1.54, 1.807) is 18.2 Å². The van der Waals surface area contributed by atoms with Crippen molar-refractivity contribution >= 4 is 29.5 Å². The first-order valence-electron chi connectivity index (χ1n) is 9.92. The Labute approximate surface area is 191 Å². The molecule has 1 N–H and O–H groups in total. The van der Waals surface area contributed by atoms with Gasteiger partial charge in [-0.3, -0.25) is 19.4 Å². The van der Waals surface area contributed by atoms with Crippen molar-refractivity contribution in [2.24, 2.45) is 0 Å². The summed E-state index contributed by atoms with van der Waals surface area (Å²) in [6.07, 6.45) is 0.796. The number of nitrogens with zero attached hydrogens (tertiary/aromatic N) is 4. The summed E-state index contributed by atoms with van der Waals surface area (Å²) >= 11 is 0. The van der Waals surface area contributed by atoms with E-state index < -0.39 is 35.1 Å². The molecule has 4 amide bonds. The van der Waals surface area contributed by atoms with Crippen LogP contribution in [0.25, 0.3) is 0 Å². The summed E-state index contributed by atoms with van der Waals surface area (Å²) in [4.78, 5) is 47.9. The monoisotopic (exact) mass is 467 g/mol. The van der Waals surface area contributed by atoms with Gasteiger partial charge in [0.25, 0.3) is 11.8 Å². The van der Waals surface area contributed by atoms with E-state index in [1.165, 1.54) is 48.9 Å². The first-order valence-corrected chi connectivity index (χ1v) is 9.92. The number of alkyl halides is 3. The molecule has 0 aliphatic carbocycles. The lowest BCUT2D eigenvalue weighted by molar-refractivity contribution is -0.138. The predicted molar refractivity (Wildman–Crippen MR) is 116 cm³/mol. The highest BCUT2D eigenvalue weighted by Gasteiger charge is 2.38. The molecule has 1 aromatic carbocycles. The Morgan fingerprint density at radius 3 is 2.41 bits per heavy atom. The molecule has 0 spiro atoms. The van der Waals surface area contributed by atoms with Crippen molar-refractivity contribution in [1.82, 2.24) is 14.9 Å². The predicted octanol–water partition coefficient (Wildman–Crippen LogP) is 4.34. The number of carbonyl (C=O) groups is 3. The Kier molecular flexibility index (Phi) is 6.09. The van der Waals surface area contributed by atoms with E-state index in [0.717, 1.165) is 17.0 Å². The fraction of sp³-hybridized carbons (Fsp3) is 0.0870.